The summed E-state index contributed by atoms with van der Waals surface area (Å²) >= 11 is 3.45. The first kappa shape index (κ1) is 15.0. The number of aryl methyl sites for hydroxylation is 1. The average Bonchev–Trinajstić information content (AvgIpc) is 2.46. The summed E-state index contributed by atoms with van der Waals surface area (Å²) in [5.74, 6) is 0.205. The van der Waals surface area contributed by atoms with Crippen molar-refractivity contribution in [1.82, 2.24) is 4.90 Å². The molecule has 1 amide bonds. The number of alkyl halides is 1. The third-order valence-electron chi connectivity index (χ3n) is 3.69. The van der Waals surface area contributed by atoms with E-state index in [-0.39, 0.29) is 17.2 Å². The zero-order chi connectivity index (χ0) is 14.7. The molecule has 1 aliphatic rings. The van der Waals surface area contributed by atoms with Crippen molar-refractivity contribution < 1.29 is 9.72 Å². The van der Waals surface area contributed by atoms with Gasteiger partial charge in [-0.05, 0) is 31.2 Å². The van der Waals surface area contributed by atoms with Gasteiger partial charge in [0.15, 0.2) is 0 Å². The maximum Gasteiger partial charge on any atom is 0.282 e. The van der Waals surface area contributed by atoms with E-state index >= 15 is 0 Å². The number of carbonyl (C=O) groups is 1. The van der Waals surface area contributed by atoms with Gasteiger partial charge in [0.05, 0.1) is 4.92 Å². The Bertz CT molecular complexity index is 533. The van der Waals surface area contributed by atoms with Crippen LogP contribution in [0.2, 0.25) is 0 Å². The molecule has 0 aliphatic carbocycles. The van der Waals surface area contributed by atoms with Crippen LogP contribution in [-0.4, -0.2) is 34.2 Å². The van der Waals surface area contributed by atoms with E-state index in [1.165, 1.54) is 6.07 Å². The predicted molar refractivity (Wildman–Crippen MR) is 80.3 cm³/mol. The van der Waals surface area contributed by atoms with E-state index in [4.69, 9.17) is 0 Å². The lowest BCUT2D eigenvalue weighted by molar-refractivity contribution is -0.385. The number of nitro benzene ring substituents is 1. The zero-order valence-electron chi connectivity index (χ0n) is 11.3. The third kappa shape index (κ3) is 3.00. The molecule has 1 aliphatic heterocycles. The van der Waals surface area contributed by atoms with Gasteiger partial charge in [-0.25, -0.2) is 0 Å². The van der Waals surface area contributed by atoms with Crippen molar-refractivity contribution in [2.75, 3.05) is 18.4 Å². The summed E-state index contributed by atoms with van der Waals surface area (Å²) in [6.07, 6.45) is 2.03. The second kappa shape index (κ2) is 6.35. The molecule has 2 rings (SSSR count). The van der Waals surface area contributed by atoms with Crippen molar-refractivity contribution in [1.29, 1.82) is 0 Å². The number of nitrogens with zero attached hydrogens (tertiary/aromatic N) is 2. The lowest BCUT2D eigenvalue weighted by atomic mass is 9.98. The number of hydrogen-bond acceptors (Lipinski definition) is 3. The summed E-state index contributed by atoms with van der Waals surface area (Å²) in [7, 11) is 0. The maximum absolute atomic E-state index is 12.6. The van der Waals surface area contributed by atoms with Gasteiger partial charge in [-0.3, -0.25) is 14.9 Å². The summed E-state index contributed by atoms with van der Waals surface area (Å²) in [5.41, 5.74) is 0.786. The predicted octanol–water partition coefficient (Wildman–Crippen LogP) is 3.15. The van der Waals surface area contributed by atoms with Gasteiger partial charge in [-0.15, -0.1) is 0 Å². The Hall–Kier alpha value is -1.43. The molecular formula is C14H17BrN2O3. The molecule has 1 aromatic rings. The minimum Gasteiger partial charge on any atom is -0.338 e. The van der Waals surface area contributed by atoms with Crippen LogP contribution in [0.15, 0.2) is 18.2 Å². The maximum atomic E-state index is 12.6. The summed E-state index contributed by atoms with van der Waals surface area (Å²) in [6, 6.07) is 4.75. The normalized spacial score (nSPS) is 18.9. The summed E-state index contributed by atoms with van der Waals surface area (Å²) in [5, 5.41) is 12.0. The van der Waals surface area contributed by atoms with Gasteiger partial charge in [0.2, 0.25) is 0 Å². The van der Waals surface area contributed by atoms with Crippen molar-refractivity contribution in [2.45, 2.75) is 19.8 Å². The highest BCUT2D eigenvalue weighted by Gasteiger charge is 2.29. The Balaban J connectivity index is 2.31. The molecule has 1 heterocycles. The number of piperidine rings is 1. The monoisotopic (exact) mass is 340 g/mol. The van der Waals surface area contributed by atoms with E-state index in [9.17, 15) is 14.9 Å². The fourth-order valence-corrected chi connectivity index (χ4v) is 3.14. The van der Waals surface area contributed by atoms with Crippen LogP contribution in [0.1, 0.15) is 28.8 Å². The van der Waals surface area contributed by atoms with Crippen molar-refractivity contribution in [3.05, 3.63) is 39.4 Å². The lowest BCUT2D eigenvalue weighted by Gasteiger charge is -2.32. The molecule has 108 valence electrons. The number of carbonyl (C=O) groups excluding carboxylic acids is 1. The molecule has 0 spiro atoms. The Morgan fingerprint density at radius 1 is 1.55 bits per heavy atom. The van der Waals surface area contributed by atoms with E-state index in [0.29, 0.717) is 24.6 Å². The molecule has 1 saturated heterocycles. The third-order valence-corrected chi connectivity index (χ3v) is 4.60. The van der Waals surface area contributed by atoms with Crippen LogP contribution >= 0.6 is 15.9 Å². The molecule has 0 N–H and O–H groups in total. The molecule has 0 aromatic heterocycles. The quantitative estimate of drug-likeness (QED) is 0.482. The van der Waals surface area contributed by atoms with Crippen molar-refractivity contribution >= 4 is 27.5 Å². The van der Waals surface area contributed by atoms with E-state index in [1.807, 2.05) is 0 Å². The van der Waals surface area contributed by atoms with E-state index < -0.39 is 4.92 Å². The van der Waals surface area contributed by atoms with Crippen LogP contribution in [0.5, 0.6) is 0 Å². The van der Waals surface area contributed by atoms with Crippen LogP contribution in [0.4, 0.5) is 5.69 Å². The highest BCUT2D eigenvalue weighted by atomic mass is 79.9. The topological polar surface area (TPSA) is 63.5 Å². The molecule has 0 bridgehead atoms. The zero-order valence-corrected chi connectivity index (χ0v) is 12.9. The molecule has 1 unspecified atom stereocenters. The van der Waals surface area contributed by atoms with Gasteiger partial charge in [0.1, 0.15) is 5.56 Å². The molecule has 1 fully saturated rings. The van der Waals surface area contributed by atoms with E-state index in [1.54, 1.807) is 24.0 Å². The molecule has 1 atom stereocenters. The Morgan fingerprint density at radius 2 is 2.30 bits per heavy atom. The van der Waals surface area contributed by atoms with Crippen LogP contribution in [-0.2, 0) is 0 Å². The fourth-order valence-electron chi connectivity index (χ4n) is 2.62. The fraction of sp³-hybridized carbons (Fsp3) is 0.500. The summed E-state index contributed by atoms with van der Waals surface area (Å²) < 4.78 is 0. The van der Waals surface area contributed by atoms with E-state index in [0.717, 1.165) is 18.2 Å². The second-order valence-electron chi connectivity index (χ2n) is 5.14. The molecule has 0 saturated carbocycles. The Labute approximate surface area is 126 Å². The molecule has 6 heteroatoms. The van der Waals surface area contributed by atoms with Crippen molar-refractivity contribution in [3.63, 3.8) is 0 Å². The second-order valence-corrected chi connectivity index (χ2v) is 5.79. The van der Waals surface area contributed by atoms with Crippen molar-refractivity contribution in [2.24, 2.45) is 5.92 Å². The standard InChI is InChI=1S/C14H17BrN2O3/c1-10-4-2-6-12(17(19)20)13(10)14(18)16-7-3-5-11(8-15)9-16/h2,4,6,11H,3,5,7-9H2,1H3. The first-order valence-electron chi connectivity index (χ1n) is 6.63. The minimum absolute atomic E-state index is 0.101. The van der Waals surface area contributed by atoms with Crippen LogP contribution in [0.3, 0.4) is 0 Å². The number of likely N-dealkylation sites (tertiary alicyclic amines) is 1. The number of benzene rings is 1. The van der Waals surface area contributed by atoms with Crippen molar-refractivity contribution in [3.8, 4) is 0 Å². The lowest BCUT2D eigenvalue weighted by Crippen LogP contribution is -2.40. The van der Waals surface area contributed by atoms with Gasteiger partial charge in [0.25, 0.3) is 11.6 Å². The molecule has 1 aromatic carbocycles. The Morgan fingerprint density at radius 3 is 2.95 bits per heavy atom. The van der Waals surface area contributed by atoms with Gasteiger partial charge in [0, 0.05) is 24.5 Å². The number of hydrogen-bond donors (Lipinski definition) is 0. The first-order chi connectivity index (χ1) is 9.54. The van der Waals surface area contributed by atoms with Crippen LogP contribution < -0.4 is 0 Å². The molecular weight excluding hydrogens is 324 g/mol. The van der Waals surface area contributed by atoms with Gasteiger partial charge >= 0.3 is 0 Å². The van der Waals surface area contributed by atoms with Gasteiger partial charge in [-0.2, -0.15) is 0 Å². The first-order valence-corrected chi connectivity index (χ1v) is 7.76. The summed E-state index contributed by atoms with van der Waals surface area (Å²) in [6.45, 7) is 3.08. The van der Waals surface area contributed by atoms with Crippen LogP contribution in [0, 0.1) is 23.0 Å². The minimum atomic E-state index is -0.480. The van der Waals surface area contributed by atoms with E-state index in [2.05, 4.69) is 15.9 Å². The Kier molecular flexibility index (Phi) is 4.75. The van der Waals surface area contributed by atoms with Gasteiger partial charge < -0.3 is 4.90 Å². The number of halogens is 1. The highest BCUT2D eigenvalue weighted by molar-refractivity contribution is 9.09. The molecule has 0 radical (unpaired) electrons. The smallest absolute Gasteiger partial charge is 0.282 e. The van der Waals surface area contributed by atoms with Gasteiger partial charge in [-0.1, -0.05) is 28.1 Å². The molecule has 5 nitrogen and oxygen atoms in total. The van der Waals surface area contributed by atoms with Crippen LogP contribution in [0.25, 0.3) is 0 Å². The number of nitro groups is 1. The largest absolute Gasteiger partial charge is 0.338 e. The SMILES string of the molecule is Cc1cccc([N+](=O)[O-])c1C(=O)N1CCCC(CBr)C1. The summed E-state index contributed by atoms with van der Waals surface area (Å²) in [4.78, 5) is 25.0. The number of amides is 1. The molecule has 20 heavy (non-hydrogen) atoms. The average molecular weight is 341 g/mol. The highest BCUT2D eigenvalue weighted by Crippen LogP contribution is 2.26. The number of rotatable bonds is 3.